The number of hydrogen-bond acceptors (Lipinski definition) is 5. The fourth-order valence-corrected chi connectivity index (χ4v) is 2.68. The lowest BCUT2D eigenvalue weighted by Gasteiger charge is -2.10. The van der Waals surface area contributed by atoms with E-state index in [9.17, 15) is 4.79 Å². The SMILES string of the molecule is CCOc1nc(C(=O)NC2C[C@H]2c2ccccc2)cc(N)c1C#N. The van der Waals surface area contributed by atoms with E-state index in [0.29, 0.717) is 12.5 Å². The fraction of sp³-hybridized carbons (Fsp3) is 0.278. The van der Waals surface area contributed by atoms with Crippen LogP contribution in [0.1, 0.15) is 40.9 Å². The van der Waals surface area contributed by atoms with Crippen molar-refractivity contribution in [2.45, 2.75) is 25.3 Å². The summed E-state index contributed by atoms with van der Waals surface area (Å²) < 4.78 is 5.32. The lowest BCUT2D eigenvalue weighted by Crippen LogP contribution is -2.27. The zero-order chi connectivity index (χ0) is 17.1. The summed E-state index contributed by atoms with van der Waals surface area (Å²) in [7, 11) is 0. The number of nitrogens with one attached hydrogen (secondary N) is 1. The first-order chi connectivity index (χ1) is 11.6. The molecule has 0 spiro atoms. The molecule has 2 atom stereocenters. The van der Waals surface area contributed by atoms with E-state index < -0.39 is 0 Å². The van der Waals surface area contributed by atoms with Gasteiger partial charge >= 0.3 is 0 Å². The Hall–Kier alpha value is -3.07. The van der Waals surface area contributed by atoms with Crippen molar-refractivity contribution >= 4 is 11.6 Å². The van der Waals surface area contributed by atoms with Gasteiger partial charge in [-0.25, -0.2) is 4.98 Å². The predicted octanol–water partition coefficient (Wildman–Crippen LogP) is 2.22. The second kappa shape index (κ2) is 6.59. The molecule has 0 saturated heterocycles. The maximum Gasteiger partial charge on any atom is 0.270 e. The van der Waals surface area contributed by atoms with Crippen LogP contribution in [0.4, 0.5) is 5.69 Å². The number of hydrogen-bond donors (Lipinski definition) is 2. The molecule has 6 nitrogen and oxygen atoms in total. The van der Waals surface area contributed by atoms with Gasteiger partial charge in [-0.2, -0.15) is 5.26 Å². The van der Waals surface area contributed by atoms with Gasteiger partial charge in [-0.1, -0.05) is 30.3 Å². The Labute approximate surface area is 140 Å². The van der Waals surface area contributed by atoms with Gasteiger partial charge < -0.3 is 15.8 Å². The van der Waals surface area contributed by atoms with Crippen LogP contribution in [0.15, 0.2) is 36.4 Å². The number of rotatable bonds is 5. The summed E-state index contributed by atoms with van der Waals surface area (Å²) in [6.45, 7) is 2.12. The molecule has 1 fully saturated rings. The molecule has 1 unspecified atom stereocenters. The summed E-state index contributed by atoms with van der Waals surface area (Å²) in [4.78, 5) is 16.5. The maximum atomic E-state index is 12.4. The molecule has 1 heterocycles. The molecule has 0 bridgehead atoms. The third kappa shape index (κ3) is 3.15. The summed E-state index contributed by atoms with van der Waals surface area (Å²) >= 11 is 0. The Balaban J connectivity index is 1.73. The van der Waals surface area contributed by atoms with Crippen molar-refractivity contribution in [3.05, 3.63) is 53.2 Å². The second-order valence-electron chi connectivity index (χ2n) is 5.65. The van der Waals surface area contributed by atoms with Gasteiger partial charge in [0.1, 0.15) is 17.3 Å². The standard InChI is InChI=1S/C18H18N4O2/c1-2-24-18-13(10-19)14(20)9-16(22-18)17(23)21-15-8-12(15)11-6-4-3-5-7-11/h3-7,9,12,15H,2,8H2,1H3,(H2,20,22)(H,21,23)/t12-,15?/m0/s1. The molecule has 1 aliphatic carbocycles. The molecular weight excluding hydrogens is 304 g/mol. The smallest absolute Gasteiger partial charge is 0.270 e. The third-order valence-corrected chi connectivity index (χ3v) is 3.98. The van der Waals surface area contributed by atoms with E-state index in [1.807, 2.05) is 24.3 Å². The number of nitrogens with zero attached hydrogens (tertiary/aromatic N) is 2. The Bertz CT molecular complexity index is 799. The first-order valence-corrected chi connectivity index (χ1v) is 7.83. The Morgan fingerprint density at radius 2 is 2.21 bits per heavy atom. The van der Waals surface area contributed by atoms with E-state index in [1.165, 1.54) is 11.6 Å². The molecular formula is C18H18N4O2. The molecule has 1 aliphatic rings. The van der Waals surface area contributed by atoms with E-state index in [4.69, 9.17) is 15.7 Å². The van der Waals surface area contributed by atoms with Crippen molar-refractivity contribution in [3.8, 4) is 11.9 Å². The number of nitriles is 1. The van der Waals surface area contributed by atoms with E-state index in [1.54, 1.807) is 6.92 Å². The molecule has 1 aromatic carbocycles. The largest absolute Gasteiger partial charge is 0.477 e. The quantitative estimate of drug-likeness (QED) is 0.879. The van der Waals surface area contributed by atoms with Gasteiger partial charge in [0.25, 0.3) is 5.91 Å². The highest BCUT2D eigenvalue weighted by atomic mass is 16.5. The lowest BCUT2D eigenvalue weighted by atomic mass is 10.1. The normalized spacial score (nSPS) is 18.5. The van der Waals surface area contributed by atoms with Crippen LogP contribution < -0.4 is 15.8 Å². The molecule has 122 valence electrons. The topological polar surface area (TPSA) is 101 Å². The van der Waals surface area contributed by atoms with Crippen LogP contribution in [0, 0.1) is 11.3 Å². The highest BCUT2D eigenvalue weighted by Gasteiger charge is 2.39. The van der Waals surface area contributed by atoms with Crippen molar-refractivity contribution in [3.63, 3.8) is 0 Å². The van der Waals surface area contributed by atoms with Gasteiger partial charge in [-0.3, -0.25) is 4.79 Å². The number of pyridine rings is 1. The van der Waals surface area contributed by atoms with Gasteiger partial charge in [0, 0.05) is 12.0 Å². The van der Waals surface area contributed by atoms with Gasteiger partial charge in [-0.15, -0.1) is 0 Å². The highest BCUT2D eigenvalue weighted by Crippen LogP contribution is 2.40. The first kappa shape index (κ1) is 15.8. The van der Waals surface area contributed by atoms with E-state index in [-0.39, 0.29) is 34.8 Å². The zero-order valence-electron chi connectivity index (χ0n) is 13.3. The number of carbonyl (C=O) groups is 1. The van der Waals surface area contributed by atoms with Crippen LogP contribution in [-0.2, 0) is 0 Å². The second-order valence-corrected chi connectivity index (χ2v) is 5.65. The zero-order valence-corrected chi connectivity index (χ0v) is 13.3. The van der Waals surface area contributed by atoms with Gasteiger partial charge in [0.05, 0.1) is 12.3 Å². The first-order valence-electron chi connectivity index (χ1n) is 7.83. The van der Waals surface area contributed by atoms with Crippen LogP contribution in [0.25, 0.3) is 0 Å². The highest BCUT2D eigenvalue weighted by molar-refractivity contribution is 5.94. The summed E-state index contributed by atoms with van der Waals surface area (Å²) in [6.07, 6.45) is 0.903. The van der Waals surface area contributed by atoms with E-state index >= 15 is 0 Å². The number of nitrogen functional groups attached to an aromatic ring is 1. The molecule has 0 aliphatic heterocycles. The molecule has 1 amide bonds. The Morgan fingerprint density at radius 3 is 2.88 bits per heavy atom. The van der Waals surface area contributed by atoms with Crippen LogP contribution in [0.5, 0.6) is 5.88 Å². The minimum Gasteiger partial charge on any atom is -0.477 e. The molecule has 1 aromatic heterocycles. The summed E-state index contributed by atoms with van der Waals surface area (Å²) in [5.74, 6) is 0.119. The fourth-order valence-electron chi connectivity index (χ4n) is 2.68. The number of anilines is 1. The lowest BCUT2D eigenvalue weighted by molar-refractivity contribution is 0.0944. The number of amides is 1. The van der Waals surface area contributed by atoms with Crippen molar-refractivity contribution in [1.82, 2.24) is 10.3 Å². The molecule has 2 aromatic rings. The van der Waals surface area contributed by atoms with Gasteiger partial charge in [-0.05, 0) is 25.0 Å². The summed E-state index contributed by atoms with van der Waals surface area (Å²) in [6, 6.07) is 13.5. The van der Waals surface area contributed by atoms with Crippen molar-refractivity contribution in [2.24, 2.45) is 0 Å². The molecule has 3 rings (SSSR count). The monoisotopic (exact) mass is 322 g/mol. The average Bonchev–Trinajstić information content (AvgIpc) is 3.35. The van der Waals surface area contributed by atoms with Crippen LogP contribution >= 0.6 is 0 Å². The molecule has 0 radical (unpaired) electrons. The minimum atomic E-state index is -0.310. The van der Waals surface area contributed by atoms with Crippen LogP contribution in [0.2, 0.25) is 0 Å². The number of carbonyl (C=O) groups excluding carboxylic acids is 1. The van der Waals surface area contributed by atoms with Gasteiger partial charge in [0.15, 0.2) is 0 Å². The molecule has 6 heteroatoms. The predicted molar refractivity (Wildman–Crippen MR) is 89.6 cm³/mol. The van der Waals surface area contributed by atoms with E-state index in [0.717, 1.165) is 6.42 Å². The van der Waals surface area contributed by atoms with Crippen molar-refractivity contribution in [2.75, 3.05) is 12.3 Å². The van der Waals surface area contributed by atoms with E-state index in [2.05, 4.69) is 22.4 Å². The Morgan fingerprint density at radius 1 is 1.46 bits per heavy atom. The Kier molecular flexibility index (Phi) is 4.34. The van der Waals surface area contributed by atoms with Crippen LogP contribution in [-0.4, -0.2) is 23.5 Å². The van der Waals surface area contributed by atoms with Crippen molar-refractivity contribution < 1.29 is 9.53 Å². The molecule has 3 N–H and O–H groups in total. The number of benzene rings is 1. The summed E-state index contributed by atoms with van der Waals surface area (Å²) in [5, 5.41) is 12.1. The maximum absolute atomic E-state index is 12.4. The van der Waals surface area contributed by atoms with Crippen LogP contribution in [0.3, 0.4) is 0 Å². The van der Waals surface area contributed by atoms with Crippen molar-refractivity contribution in [1.29, 1.82) is 5.26 Å². The minimum absolute atomic E-state index is 0.0918. The number of nitrogens with two attached hydrogens (primary N) is 1. The number of ether oxygens (including phenoxy) is 1. The third-order valence-electron chi connectivity index (χ3n) is 3.98. The number of aromatic nitrogens is 1. The van der Waals surface area contributed by atoms with Gasteiger partial charge in [0.2, 0.25) is 5.88 Å². The molecule has 1 saturated carbocycles. The average molecular weight is 322 g/mol. The molecule has 24 heavy (non-hydrogen) atoms. The summed E-state index contributed by atoms with van der Waals surface area (Å²) in [5.41, 5.74) is 7.56.